The zero-order chi connectivity index (χ0) is 14.3. The van der Waals surface area contributed by atoms with Gasteiger partial charge in [-0.05, 0) is 31.7 Å². The van der Waals surface area contributed by atoms with E-state index in [1.54, 1.807) is 0 Å². The van der Waals surface area contributed by atoms with Crippen molar-refractivity contribution in [1.82, 2.24) is 9.97 Å². The highest BCUT2D eigenvalue weighted by molar-refractivity contribution is 9.09. The molecular weight excluding hydrogens is 316 g/mol. The summed E-state index contributed by atoms with van der Waals surface area (Å²) in [6.45, 7) is 1.85. The van der Waals surface area contributed by atoms with Gasteiger partial charge in [0.1, 0.15) is 5.82 Å². The van der Waals surface area contributed by atoms with Gasteiger partial charge in [-0.3, -0.25) is 0 Å². The Bertz CT molecular complexity index is 309. The first kappa shape index (κ1) is 17.6. The summed E-state index contributed by atoms with van der Waals surface area (Å²) in [5.74, 6) is 0.965. The summed E-state index contributed by atoms with van der Waals surface area (Å²) in [6.07, 6.45) is 14.6. The molecule has 0 amide bonds. The summed E-state index contributed by atoms with van der Waals surface area (Å²) in [5, 5.41) is 1.13. The van der Waals surface area contributed by atoms with E-state index in [-0.39, 0.29) is 0 Å². The molecule has 0 bridgehead atoms. The highest BCUT2D eigenvalue weighted by Gasteiger charge is 1.96. The molecular formula is C16H27BrN2O. The van der Waals surface area contributed by atoms with Crippen LogP contribution in [0.15, 0.2) is 18.5 Å². The lowest BCUT2D eigenvalue weighted by atomic mass is 10.1. The van der Waals surface area contributed by atoms with Gasteiger partial charge in [-0.1, -0.05) is 41.6 Å². The molecule has 1 aromatic rings. The summed E-state index contributed by atoms with van der Waals surface area (Å²) >= 11 is 3.45. The van der Waals surface area contributed by atoms with Crippen LogP contribution in [0.25, 0.3) is 0 Å². The highest BCUT2D eigenvalue weighted by atomic mass is 79.9. The van der Waals surface area contributed by atoms with Crippen LogP contribution in [-0.4, -0.2) is 28.5 Å². The molecule has 1 heterocycles. The SMILES string of the molecule is BrCCCCCCOCCCCCCc1ncccn1. The lowest BCUT2D eigenvalue weighted by Gasteiger charge is -2.04. The summed E-state index contributed by atoms with van der Waals surface area (Å²) in [6, 6.07) is 1.86. The Morgan fingerprint density at radius 3 is 2.05 bits per heavy atom. The van der Waals surface area contributed by atoms with E-state index in [2.05, 4.69) is 25.9 Å². The Balaban J connectivity index is 1.77. The molecule has 1 aromatic heterocycles. The third-order valence-electron chi connectivity index (χ3n) is 3.23. The Hall–Kier alpha value is -0.480. The number of ether oxygens (including phenoxy) is 1. The first-order valence-electron chi connectivity index (χ1n) is 7.83. The molecule has 0 aliphatic heterocycles. The van der Waals surface area contributed by atoms with E-state index in [0.29, 0.717) is 0 Å². The standard InChI is InChI=1S/C16H27BrN2O/c17-11-6-2-4-8-15-20-14-7-3-1-5-10-16-18-12-9-13-19-16/h9,12-13H,1-8,10-11,14-15H2. The summed E-state index contributed by atoms with van der Waals surface area (Å²) < 4.78 is 5.64. The van der Waals surface area contributed by atoms with Crippen molar-refractivity contribution in [1.29, 1.82) is 0 Å². The van der Waals surface area contributed by atoms with Crippen LogP contribution >= 0.6 is 15.9 Å². The Morgan fingerprint density at radius 2 is 1.40 bits per heavy atom. The van der Waals surface area contributed by atoms with Crippen LogP contribution in [0.2, 0.25) is 0 Å². The molecule has 0 radical (unpaired) electrons. The van der Waals surface area contributed by atoms with Crippen molar-refractivity contribution in [3.63, 3.8) is 0 Å². The van der Waals surface area contributed by atoms with Crippen molar-refractivity contribution in [2.24, 2.45) is 0 Å². The molecule has 0 N–H and O–H groups in total. The van der Waals surface area contributed by atoms with Crippen molar-refractivity contribution in [3.8, 4) is 0 Å². The van der Waals surface area contributed by atoms with Crippen molar-refractivity contribution in [2.45, 2.75) is 57.8 Å². The minimum atomic E-state index is 0.917. The maximum Gasteiger partial charge on any atom is 0.128 e. The second-order valence-electron chi connectivity index (χ2n) is 5.04. The van der Waals surface area contributed by atoms with E-state index in [0.717, 1.165) is 30.8 Å². The van der Waals surface area contributed by atoms with E-state index < -0.39 is 0 Å². The van der Waals surface area contributed by atoms with Crippen LogP contribution in [0.3, 0.4) is 0 Å². The van der Waals surface area contributed by atoms with E-state index in [9.17, 15) is 0 Å². The molecule has 3 nitrogen and oxygen atoms in total. The van der Waals surface area contributed by atoms with Gasteiger partial charge >= 0.3 is 0 Å². The van der Waals surface area contributed by atoms with Gasteiger partial charge < -0.3 is 4.74 Å². The quantitative estimate of drug-likeness (QED) is 0.389. The predicted octanol–water partition coefficient (Wildman–Crippen LogP) is 4.55. The summed E-state index contributed by atoms with van der Waals surface area (Å²) in [7, 11) is 0. The monoisotopic (exact) mass is 342 g/mol. The van der Waals surface area contributed by atoms with Crippen LogP contribution in [0.4, 0.5) is 0 Å². The minimum absolute atomic E-state index is 0.917. The zero-order valence-corrected chi connectivity index (χ0v) is 14.0. The van der Waals surface area contributed by atoms with Crippen LogP contribution in [-0.2, 0) is 11.2 Å². The number of halogens is 1. The molecule has 0 fully saturated rings. The number of rotatable bonds is 13. The van der Waals surface area contributed by atoms with Gasteiger partial charge in [0, 0.05) is 37.4 Å². The number of hydrogen-bond acceptors (Lipinski definition) is 3. The topological polar surface area (TPSA) is 35.0 Å². The van der Waals surface area contributed by atoms with E-state index >= 15 is 0 Å². The van der Waals surface area contributed by atoms with Crippen molar-refractivity contribution >= 4 is 15.9 Å². The van der Waals surface area contributed by atoms with E-state index in [1.165, 1.54) is 51.4 Å². The number of aromatic nitrogens is 2. The third kappa shape index (κ3) is 10.3. The summed E-state index contributed by atoms with van der Waals surface area (Å²) in [5.41, 5.74) is 0. The number of nitrogens with zero attached hydrogens (tertiary/aromatic N) is 2. The van der Waals surface area contributed by atoms with Crippen LogP contribution < -0.4 is 0 Å². The molecule has 0 saturated carbocycles. The maximum absolute atomic E-state index is 5.64. The first-order valence-corrected chi connectivity index (χ1v) is 8.95. The molecule has 0 aliphatic rings. The van der Waals surface area contributed by atoms with Crippen molar-refractivity contribution in [2.75, 3.05) is 18.5 Å². The van der Waals surface area contributed by atoms with Crippen LogP contribution in [0, 0.1) is 0 Å². The molecule has 20 heavy (non-hydrogen) atoms. The fraction of sp³-hybridized carbons (Fsp3) is 0.750. The number of aryl methyl sites for hydroxylation is 1. The first-order chi connectivity index (χ1) is 9.93. The van der Waals surface area contributed by atoms with Gasteiger partial charge in [0.2, 0.25) is 0 Å². The third-order valence-corrected chi connectivity index (χ3v) is 3.79. The molecule has 114 valence electrons. The van der Waals surface area contributed by atoms with Gasteiger partial charge in [-0.25, -0.2) is 9.97 Å². The molecule has 0 unspecified atom stereocenters. The second kappa shape index (κ2) is 13.5. The van der Waals surface area contributed by atoms with Crippen LogP contribution in [0.5, 0.6) is 0 Å². The highest BCUT2D eigenvalue weighted by Crippen LogP contribution is 2.05. The average molecular weight is 343 g/mol. The lowest BCUT2D eigenvalue weighted by Crippen LogP contribution is -1.98. The molecule has 0 spiro atoms. The predicted molar refractivity (Wildman–Crippen MR) is 87.3 cm³/mol. The smallest absolute Gasteiger partial charge is 0.128 e. The Kier molecular flexibility index (Phi) is 11.9. The van der Waals surface area contributed by atoms with E-state index in [1.807, 2.05) is 18.5 Å². The van der Waals surface area contributed by atoms with Crippen molar-refractivity contribution < 1.29 is 4.74 Å². The number of alkyl halides is 1. The largest absolute Gasteiger partial charge is 0.381 e. The summed E-state index contributed by atoms with van der Waals surface area (Å²) in [4.78, 5) is 8.46. The Morgan fingerprint density at radius 1 is 0.800 bits per heavy atom. The van der Waals surface area contributed by atoms with Crippen LogP contribution in [0.1, 0.15) is 57.2 Å². The fourth-order valence-electron chi connectivity index (χ4n) is 2.05. The van der Waals surface area contributed by atoms with Gasteiger partial charge in [0.15, 0.2) is 0 Å². The normalized spacial score (nSPS) is 10.8. The number of hydrogen-bond donors (Lipinski definition) is 0. The molecule has 0 aliphatic carbocycles. The second-order valence-corrected chi connectivity index (χ2v) is 5.84. The fourth-order valence-corrected chi connectivity index (χ4v) is 2.45. The molecule has 0 aromatic carbocycles. The van der Waals surface area contributed by atoms with Gasteiger partial charge in [-0.2, -0.15) is 0 Å². The molecule has 1 rings (SSSR count). The Labute approximate surface area is 131 Å². The van der Waals surface area contributed by atoms with E-state index in [4.69, 9.17) is 4.74 Å². The number of unbranched alkanes of at least 4 members (excludes halogenated alkanes) is 6. The van der Waals surface area contributed by atoms with Gasteiger partial charge in [0.05, 0.1) is 0 Å². The van der Waals surface area contributed by atoms with Crippen molar-refractivity contribution in [3.05, 3.63) is 24.3 Å². The van der Waals surface area contributed by atoms with Gasteiger partial charge in [-0.15, -0.1) is 0 Å². The average Bonchev–Trinajstić information content (AvgIpc) is 2.49. The molecule has 0 atom stereocenters. The zero-order valence-electron chi connectivity index (χ0n) is 12.4. The van der Waals surface area contributed by atoms with Gasteiger partial charge in [0.25, 0.3) is 0 Å². The lowest BCUT2D eigenvalue weighted by molar-refractivity contribution is 0.126. The maximum atomic E-state index is 5.64. The molecule has 0 saturated heterocycles. The molecule has 4 heteroatoms. The minimum Gasteiger partial charge on any atom is -0.381 e.